The van der Waals surface area contributed by atoms with Crippen molar-refractivity contribution in [1.29, 1.82) is 0 Å². The van der Waals surface area contributed by atoms with Crippen LogP contribution in [0.3, 0.4) is 0 Å². The summed E-state index contributed by atoms with van der Waals surface area (Å²) < 4.78 is 7.71. The summed E-state index contributed by atoms with van der Waals surface area (Å²) in [5.74, 6) is 1.32. The number of nitrogens with zero attached hydrogens (tertiary/aromatic N) is 3. The van der Waals surface area contributed by atoms with E-state index >= 15 is 0 Å². The van der Waals surface area contributed by atoms with Crippen molar-refractivity contribution in [3.8, 4) is 5.88 Å². The van der Waals surface area contributed by atoms with Crippen molar-refractivity contribution in [2.75, 3.05) is 0 Å². The van der Waals surface area contributed by atoms with Crippen molar-refractivity contribution in [1.82, 2.24) is 9.78 Å². The van der Waals surface area contributed by atoms with Crippen LogP contribution in [0.1, 0.15) is 43.9 Å². The predicted octanol–water partition coefficient (Wildman–Crippen LogP) is 1.78. The number of hydrogen-bond acceptors (Lipinski definition) is 4. The van der Waals surface area contributed by atoms with Gasteiger partial charge in [-0.1, -0.05) is 18.5 Å². The third-order valence-electron chi connectivity index (χ3n) is 3.70. The molecule has 1 fully saturated rings. The molecule has 0 radical (unpaired) electrons. The van der Waals surface area contributed by atoms with Gasteiger partial charge in [-0.25, -0.2) is 4.68 Å². The smallest absolute Gasteiger partial charge is 0.223 e. The molecule has 0 bridgehead atoms. The molecule has 2 rings (SSSR count). The van der Waals surface area contributed by atoms with Gasteiger partial charge in [0.1, 0.15) is 11.7 Å². The average Bonchev–Trinajstić information content (AvgIpc) is 2.63. The Balaban J connectivity index is 2.24. The van der Waals surface area contributed by atoms with E-state index < -0.39 is 0 Å². The van der Waals surface area contributed by atoms with E-state index in [-0.39, 0.29) is 11.9 Å². The normalized spacial score (nSPS) is 24.5. The first-order chi connectivity index (χ1) is 9.02. The number of amidine groups is 1. The lowest BCUT2D eigenvalue weighted by molar-refractivity contribution is 0.118. The Bertz CT molecular complexity index is 481. The van der Waals surface area contributed by atoms with Crippen LogP contribution in [0.4, 0.5) is 0 Å². The summed E-state index contributed by atoms with van der Waals surface area (Å²) in [6.45, 7) is 4.07. The van der Waals surface area contributed by atoms with Gasteiger partial charge in [0.05, 0.1) is 5.69 Å². The Morgan fingerprint density at radius 2 is 2.26 bits per heavy atom. The maximum absolute atomic E-state index is 8.86. The molecular formula is C13H22N4O2. The van der Waals surface area contributed by atoms with Gasteiger partial charge in [0.2, 0.25) is 5.88 Å². The molecule has 1 heterocycles. The molecule has 0 saturated heterocycles. The first-order valence-corrected chi connectivity index (χ1v) is 6.71. The highest BCUT2D eigenvalue weighted by Crippen LogP contribution is 2.29. The van der Waals surface area contributed by atoms with E-state index in [1.807, 2.05) is 14.0 Å². The highest BCUT2D eigenvalue weighted by atomic mass is 16.5. The molecule has 0 aliphatic heterocycles. The molecule has 1 aliphatic carbocycles. The third-order valence-corrected chi connectivity index (χ3v) is 3.70. The molecule has 0 aromatic carbocycles. The minimum atomic E-state index is 0.0458. The Kier molecular flexibility index (Phi) is 3.97. The minimum absolute atomic E-state index is 0.0458. The lowest BCUT2D eigenvalue weighted by atomic mass is 9.89. The van der Waals surface area contributed by atoms with Crippen LogP contribution >= 0.6 is 0 Å². The number of ether oxygens (including phenoxy) is 1. The second kappa shape index (κ2) is 5.50. The molecule has 3 N–H and O–H groups in total. The van der Waals surface area contributed by atoms with Gasteiger partial charge in [-0.15, -0.1) is 0 Å². The molecule has 2 atom stereocenters. The van der Waals surface area contributed by atoms with Gasteiger partial charge in [0.25, 0.3) is 0 Å². The van der Waals surface area contributed by atoms with E-state index in [9.17, 15) is 0 Å². The molecule has 1 aromatic rings. The zero-order valence-corrected chi connectivity index (χ0v) is 11.8. The topological polar surface area (TPSA) is 85.7 Å². The maximum atomic E-state index is 8.86. The summed E-state index contributed by atoms with van der Waals surface area (Å²) in [6.07, 6.45) is 4.71. The summed E-state index contributed by atoms with van der Waals surface area (Å²) >= 11 is 0. The number of oxime groups is 1. The fourth-order valence-electron chi connectivity index (χ4n) is 2.76. The summed E-state index contributed by atoms with van der Waals surface area (Å²) in [7, 11) is 1.81. The summed E-state index contributed by atoms with van der Waals surface area (Å²) in [6, 6.07) is 0. The van der Waals surface area contributed by atoms with Crippen LogP contribution in [-0.2, 0) is 7.05 Å². The summed E-state index contributed by atoms with van der Waals surface area (Å²) in [5.41, 5.74) is 7.00. The van der Waals surface area contributed by atoms with Crippen LogP contribution in [0.25, 0.3) is 0 Å². The molecule has 106 valence electrons. The molecule has 1 saturated carbocycles. The molecule has 2 unspecified atom stereocenters. The molecule has 0 amide bonds. The molecule has 6 heteroatoms. The molecule has 1 aliphatic rings. The number of aryl methyl sites for hydroxylation is 2. The van der Waals surface area contributed by atoms with Crippen LogP contribution in [0.15, 0.2) is 5.16 Å². The first kappa shape index (κ1) is 13.7. The van der Waals surface area contributed by atoms with Crippen LogP contribution in [0.2, 0.25) is 0 Å². The number of nitrogens with two attached hydrogens (primary N) is 1. The Morgan fingerprint density at radius 1 is 1.53 bits per heavy atom. The quantitative estimate of drug-likeness (QED) is 0.378. The van der Waals surface area contributed by atoms with Gasteiger partial charge in [-0.05, 0) is 32.1 Å². The summed E-state index contributed by atoms with van der Waals surface area (Å²) in [4.78, 5) is 0. The van der Waals surface area contributed by atoms with Crippen molar-refractivity contribution >= 4 is 5.84 Å². The minimum Gasteiger partial charge on any atom is -0.474 e. The van der Waals surface area contributed by atoms with Gasteiger partial charge in [0, 0.05) is 7.05 Å². The Labute approximate surface area is 113 Å². The second-order valence-corrected chi connectivity index (χ2v) is 5.39. The van der Waals surface area contributed by atoms with Crippen molar-refractivity contribution in [3.05, 3.63) is 11.3 Å². The van der Waals surface area contributed by atoms with Crippen molar-refractivity contribution in [2.24, 2.45) is 23.9 Å². The van der Waals surface area contributed by atoms with E-state index in [0.29, 0.717) is 23.1 Å². The van der Waals surface area contributed by atoms with E-state index in [4.69, 9.17) is 15.7 Å². The van der Waals surface area contributed by atoms with E-state index in [0.717, 1.165) is 12.8 Å². The Morgan fingerprint density at radius 3 is 2.89 bits per heavy atom. The second-order valence-electron chi connectivity index (χ2n) is 5.39. The van der Waals surface area contributed by atoms with Crippen molar-refractivity contribution in [3.63, 3.8) is 0 Å². The van der Waals surface area contributed by atoms with Gasteiger partial charge in [-0.2, -0.15) is 5.10 Å². The third kappa shape index (κ3) is 2.83. The lowest BCUT2D eigenvalue weighted by Crippen LogP contribution is -2.26. The molecule has 19 heavy (non-hydrogen) atoms. The number of rotatable bonds is 3. The van der Waals surface area contributed by atoms with Gasteiger partial charge in [0.15, 0.2) is 5.84 Å². The zero-order chi connectivity index (χ0) is 14.0. The molecule has 6 nitrogen and oxygen atoms in total. The number of hydrogen-bond donors (Lipinski definition) is 2. The lowest BCUT2D eigenvalue weighted by Gasteiger charge is -2.27. The maximum Gasteiger partial charge on any atom is 0.223 e. The highest BCUT2D eigenvalue weighted by Gasteiger charge is 2.25. The van der Waals surface area contributed by atoms with Crippen molar-refractivity contribution in [2.45, 2.75) is 45.6 Å². The van der Waals surface area contributed by atoms with E-state index in [1.54, 1.807) is 4.68 Å². The van der Waals surface area contributed by atoms with E-state index in [1.165, 1.54) is 12.8 Å². The molecule has 0 spiro atoms. The summed E-state index contributed by atoms with van der Waals surface area (Å²) in [5, 5.41) is 16.2. The van der Waals surface area contributed by atoms with Crippen LogP contribution in [0.5, 0.6) is 5.88 Å². The fourth-order valence-corrected chi connectivity index (χ4v) is 2.76. The standard InChI is InChI=1S/C13H22N4O2/c1-8-5-4-6-10(7-8)19-13-11(12(14)16-18)9(2)15-17(13)3/h8,10,18H,4-7H2,1-3H3,(H2,14,16). The molecule has 1 aromatic heterocycles. The van der Waals surface area contributed by atoms with Crippen LogP contribution in [-0.4, -0.2) is 26.9 Å². The van der Waals surface area contributed by atoms with Gasteiger partial charge in [-0.3, -0.25) is 0 Å². The van der Waals surface area contributed by atoms with Crippen LogP contribution in [0, 0.1) is 12.8 Å². The van der Waals surface area contributed by atoms with E-state index in [2.05, 4.69) is 17.2 Å². The number of aromatic nitrogens is 2. The monoisotopic (exact) mass is 266 g/mol. The molecular weight excluding hydrogens is 244 g/mol. The van der Waals surface area contributed by atoms with Gasteiger partial charge < -0.3 is 15.7 Å². The fraction of sp³-hybridized carbons (Fsp3) is 0.692. The van der Waals surface area contributed by atoms with Crippen LogP contribution < -0.4 is 10.5 Å². The van der Waals surface area contributed by atoms with Gasteiger partial charge >= 0.3 is 0 Å². The Hall–Kier alpha value is -1.72. The highest BCUT2D eigenvalue weighted by molar-refractivity contribution is 6.00. The average molecular weight is 266 g/mol. The predicted molar refractivity (Wildman–Crippen MR) is 72.5 cm³/mol. The largest absolute Gasteiger partial charge is 0.474 e. The van der Waals surface area contributed by atoms with Crippen molar-refractivity contribution < 1.29 is 9.94 Å². The zero-order valence-electron chi connectivity index (χ0n) is 11.8. The first-order valence-electron chi connectivity index (χ1n) is 6.71. The SMILES string of the molecule is Cc1nn(C)c(OC2CCCC(C)C2)c1C(N)=NO.